The first-order valence-corrected chi connectivity index (χ1v) is 9.22. The number of hydrogen-bond acceptors (Lipinski definition) is 2. The van der Waals surface area contributed by atoms with Crippen molar-refractivity contribution in [3.63, 3.8) is 0 Å². The van der Waals surface area contributed by atoms with Crippen LogP contribution in [0.5, 0.6) is 0 Å². The van der Waals surface area contributed by atoms with Crippen LogP contribution < -0.4 is 0 Å². The van der Waals surface area contributed by atoms with Crippen LogP contribution in [0.1, 0.15) is 30.0 Å². The van der Waals surface area contributed by atoms with Gasteiger partial charge in [0, 0.05) is 38.5 Å². The highest BCUT2D eigenvalue weighted by atomic mass is 16.2. The van der Waals surface area contributed by atoms with Gasteiger partial charge in [-0.3, -0.25) is 9.69 Å². The number of fused-ring (bicyclic) bond motifs is 1. The summed E-state index contributed by atoms with van der Waals surface area (Å²) < 4.78 is 0. The van der Waals surface area contributed by atoms with Gasteiger partial charge in [0.15, 0.2) is 0 Å². The minimum atomic E-state index is 0.188. The molecule has 0 radical (unpaired) electrons. The lowest BCUT2D eigenvalue weighted by molar-refractivity contribution is -0.130. The molecule has 1 unspecified atom stereocenters. The van der Waals surface area contributed by atoms with E-state index in [1.165, 1.54) is 16.7 Å². The number of nitrogens with zero attached hydrogens (tertiary/aromatic N) is 2. The Morgan fingerprint density at radius 3 is 2.48 bits per heavy atom. The van der Waals surface area contributed by atoms with Crippen molar-refractivity contribution in [1.82, 2.24) is 9.80 Å². The number of carbonyl (C=O) groups excluding carboxylic acids is 1. The predicted octanol–water partition coefficient (Wildman–Crippen LogP) is 3.48. The number of amides is 1. The Morgan fingerprint density at radius 2 is 1.72 bits per heavy atom. The molecule has 4 rings (SSSR count). The Labute approximate surface area is 150 Å². The van der Waals surface area contributed by atoms with E-state index < -0.39 is 0 Å². The quantitative estimate of drug-likeness (QED) is 0.839. The van der Waals surface area contributed by atoms with E-state index in [0.29, 0.717) is 0 Å². The average molecular weight is 334 g/mol. The van der Waals surface area contributed by atoms with Crippen LogP contribution in [-0.4, -0.2) is 35.3 Å². The molecule has 1 spiro atoms. The van der Waals surface area contributed by atoms with Gasteiger partial charge in [-0.05, 0) is 36.1 Å². The largest absolute Gasteiger partial charge is 0.338 e. The minimum Gasteiger partial charge on any atom is -0.338 e. The predicted molar refractivity (Wildman–Crippen MR) is 100 cm³/mol. The van der Waals surface area contributed by atoms with E-state index in [-0.39, 0.29) is 11.3 Å². The molecule has 2 aliphatic rings. The highest BCUT2D eigenvalue weighted by molar-refractivity contribution is 5.73. The van der Waals surface area contributed by atoms with Gasteiger partial charge in [0.2, 0.25) is 5.91 Å². The van der Waals surface area contributed by atoms with E-state index in [1.807, 2.05) is 0 Å². The molecule has 2 aliphatic heterocycles. The van der Waals surface area contributed by atoms with Crippen molar-refractivity contribution in [1.29, 1.82) is 0 Å². The Balaban J connectivity index is 1.57. The van der Waals surface area contributed by atoms with Crippen LogP contribution in [0.25, 0.3) is 0 Å². The van der Waals surface area contributed by atoms with Gasteiger partial charge in [-0.1, -0.05) is 54.6 Å². The smallest absolute Gasteiger partial charge is 0.219 e. The number of benzene rings is 2. The zero-order valence-electron chi connectivity index (χ0n) is 14.9. The van der Waals surface area contributed by atoms with E-state index >= 15 is 0 Å². The summed E-state index contributed by atoms with van der Waals surface area (Å²) in [4.78, 5) is 16.8. The summed E-state index contributed by atoms with van der Waals surface area (Å²) in [5.41, 5.74) is 4.30. The number of carbonyl (C=O) groups is 1. The maximum absolute atomic E-state index is 12.2. The van der Waals surface area contributed by atoms with E-state index in [4.69, 9.17) is 0 Å². The first-order chi connectivity index (χ1) is 12.1. The lowest BCUT2D eigenvalue weighted by atomic mass is 9.80. The van der Waals surface area contributed by atoms with Crippen molar-refractivity contribution >= 4 is 5.91 Å². The van der Waals surface area contributed by atoms with Gasteiger partial charge in [-0.25, -0.2) is 0 Å². The fraction of sp³-hybridized carbons (Fsp3) is 0.409. The van der Waals surface area contributed by atoms with Gasteiger partial charge in [-0.15, -0.1) is 0 Å². The highest BCUT2D eigenvalue weighted by Crippen LogP contribution is 2.39. The molecule has 0 saturated carbocycles. The lowest BCUT2D eigenvalue weighted by Gasteiger charge is -2.32. The standard InChI is InChI=1S/C22H26N2O/c1-18(25)24-15-21-10-6-5-9-20(21)13-22(17-24)11-12-23(16-22)14-19-7-3-2-4-8-19/h2-10H,11-17H2,1H3. The Bertz CT molecular complexity index is 758. The maximum atomic E-state index is 12.2. The van der Waals surface area contributed by atoms with Gasteiger partial charge < -0.3 is 4.90 Å². The third kappa shape index (κ3) is 3.47. The molecular weight excluding hydrogens is 308 g/mol. The molecule has 2 aromatic rings. The van der Waals surface area contributed by atoms with Crippen LogP contribution in [0, 0.1) is 5.41 Å². The highest BCUT2D eigenvalue weighted by Gasteiger charge is 2.42. The van der Waals surface area contributed by atoms with Crippen LogP contribution in [0.4, 0.5) is 0 Å². The number of likely N-dealkylation sites (tertiary alicyclic amines) is 1. The molecule has 1 saturated heterocycles. The van der Waals surface area contributed by atoms with Gasteiger partial charge in [0.25, 0.3) is 0 Å². The van der Waals surface area contributed by atoms with Crippen LogP contribution in [0.3, 0.4) is 0 Å². The summed E-state index contributed by atoms with van der Waals surface area (Å²) in [7, 11) is 0. The normalized spacial score (nSPS) is 23.5. The molecule has 1 atom stereocenters. The van der Waals surface area contributed by atoms with Gasteiger partial charge >= 0.3 is 0 Å². The molecule has 0 bridgehead atoms. The third-order valence-corrected chi connectivity index (χ3v) is 5.78. The van der Waals surface area contributed by atoms with Crippen molar-refractivity contribution in [2.75, 3.05) is 19.6 Å². The third-order valence-electron chi connectivity index (χ3n) is 5.78. The van der Waals surface area contributed by atoms with Gasteiger partial charge in [0.1, 0.15) is 0 Å². The van der Waals surface area contributed by atoms with Crippen LogP contribution >= 0.6 is 0 Å². The Kier molecular flexibility index (Phi) is 4.34. The van der Waals surface area contributed by atoms with Gasteiger partial charge in [-0.2, -0.15) is 0 Å². The van der Waals surface area contributed by atoms with Gasteiger partial charge in [0.05, 0.1) is 0 Å². The van der Waals surface area contributed by atoms with Crippen molar-refractivity contribution in [2.24, 2.45) is 5.41 Å². The second kappa shape index (κ2) is 6.64. The topological polar surface area (TPSA) is 23.6 Å². The molecule has 2 heterocycles. The first-order valence-electron chi connectivity index (χ1n) is 9.22. The van der Waals surface area contributed by atoms with Crippen LogP contribution in [-0.2, 0) is 24.3 Å². The number of hydrogen-bond donors (Lipinski definition) is 0. The zero-order chi connectivity index (χ0) is 17.3. The van der Waals surface area contributed by atoms with E-state index in [9.17, 15) is 4.79 Å². The fourth-order valence-electron chi connectivity index (χ4n) is 4.51. The minimum absolute atomic E-state index is 0.188. The molecule has 0 aromatic heterocycles. The van der Waals surface area contributed by atoms with Crippen molar-refractivity contribution in [2.45, 2.75) is 32.9 Å². The Hall–Kier alpha value is -2.13. The SMILES string of the molecule is CC(=O)N1Cc2ccccc2CC2(CCN(Cc3ccccc3)C2)C1. The van der Waals surface area contributed by atoms with E-state index in [2.05, 4.69) is 64.4 Å². The zero-order valence-corrected chi connectivity index (χ0v) is 14.9. The van der Waals surface area contributed by atoms with E-state index in [1.54, 1.807) is 6.92 Å². The van der Waals surface area contributed by atoms with Crippen LogP contribution in [0.15, 0.2) is 54.6 Å². The monoisotopic (exact) mass is 334 g/mol. The number of rotatable bonds is 2. The first kappa shape index (κ1) is 16.3. The summed E-state index contributed by atoms with van der Waals surface area (Å²) in [6.45, 7) is 6.53. The summed E-state index contributed by atoms with van der Waals surface area (Å²) in [6, 6.07) is 19.4. The van der Waals surface area contributed by atoms with Crippen molar-refractivity contribution in [3.8, 4) is 0 Å². The maximum Gasteiger partial charge on any atom is 0.219 e. The Morgan fingerprint density at radius 1 is 1.00 bits per heavy atom. The summed E-state index contributed by atoms with van der Waals surface area (Å²) in [5, 5.41) is 0. The fourth-order valence-corrected chi connectivity index (χ4v) is 4.51. The molecule has 0 aliphatic carbocycles. The molecule has 2 aromatic carbocycles. The molecule has 1 amide bonds. The summed E-state index contributed by atoms with van der Waals surface area (Å²) in [5.74, 6) is 0.192. The second-order valence-corrected chi connectivity index (χ2v) is 7.77. The molecule has 3 heteroatoms. The molecule has 130 valence electrons. The molecular formula is C22H26N2O. The lowest BCUT2D eigenvalue weighted by Crippen LogP contribution is -2.41. The summed E-state index contributed by atoms with van der Waals surface area (Å²) >= 11 is 0. The molecule has 0 N–H and O–H groups in total. The molecule has 3 nitrogen and oxygen atoms in total. The second-order valence-electron chi connectivity index (χ2n) is 7.77. The van der Waals surface area contributed by atoms with E-state index in [0.717, 1.165) is 45.6 Å². The average Bonchev–Trinajstić information content (AvgIpc) is 2.90. The molecule has 1 fully saturated rings. The molecule has 25 heavy (non-hydrogen) atoms. The van der Waals surface area contributed by atoms with Crippen molar-refractivity contribution in [3.05, 3.63) is 71.3 Å². The van der Waals surface area contributed by atoms with Crippen molar-refractivity contribution < 1.29 is 4.79 Å². The van der Waals surface area contributed by atoms with Crippen LogP contribution in [0.2, 0.25) is 0 Å². The summed E-state index contributed by atoms with van der Waals surface area (Å²) in [6.07, 6.45) is 2.25.